The van der Waals surface area contributed by atoms with Crippen LogP contribution in [0.1, 0.15) is 23.6 Å². The Kier molecular flexibility index (Phi) is 1.99. The molecule has 0 N–H and O–H groups in total. The van der Waals surface area contributed by atoms with Gasteiger partial charge in [0.25, 0.3) is 0 Å². The van der Waals surface area contributed by atoms with Gasteiger partial charge in [-0.25, -0.2) is 0 Å². The molecule has 0 spiro atoms. The van der Waals surface area contributed by atoms with Crippen LogP contribution in [0.4, 0.5) is 0 Å². The van der Waals surface area contributed by atoms with Gasteiger partial charge in [-0.05, 0) is 48.4 Å². The minimum atomic E-state index is 0.831. The van der Waals surface area contributed by atoms with E-state index < -0.39 is 0 Å². The van der Waals surface area contributed by atoms with E-state index in [1.807, 2.05) is 0 Å². The standard InChI is InChI=1S/C11H13Br/c1-7-5-9-8(2)3-4-11(12)10(9)6-7/h3-4,7H,5-6H2,1-2H3. The van der Waals surface area contributed by atoms with Crippen molar-refractivity contribution in [2.75, 3.05) is 0 Å². The Morgan fingerprint density at radius 1 is 1.25 bits per heavy atom. The lowest BCUT2D eigenvalue weighted by atomic mass is 10.0. The van der Waals surface area contributed by atoms with Crippen molar-refractivity contribution in [3.05, 3.63) is 33.3 Å². The van der Waals surface area contributed by atoms with E-state index in [-0.39, 0.29) is 0 Å². The summed E-state index contributed by atoms with van der Waals surface area (Å²) in [4.78, 5) is 0. The molecule has 0 bridgehead atoms. The number of benzene rings is 1. The number of fused-ring (bicyclic) bond motifs is 1. The minimum Gasteiger partial charge on any atom is -0.0619 e. The summed E-state index contributed by atoms with van der Waals surface area (Å²) >= 11 is 3.61. The number of aryl methyl sites for hydroxylation is 1. The van der Waals surface area contributed by atoms with E-state index in [9.17, 15) is 0 Å². The van der Waals surface area contributed by atoms with Crippen LogP contribution in [0.25, 0.3) is 0 Å². The lowest BCUT2D eigenvalue weighted by molar-refractivity contribution is 0.626. The van der Waals surface area contributed by atoms with Crippen molar-refractivity contribution in [1.29, 1.82) is 0 Å². The van der Waals surface area contributed by atoms with Crippen molar-refractivity contribution in [3.63, 3.8) is 0 Å². The molecule has 0 fully saturated rings. The summed E-state index contributed by atoms with van der Waals surface area (Å²) in [6.45, 7) is 4.54. The van der Waals surface area contributed by atoms with Crippen LogP contribution in [0.2, 0.25) is 0 Å². The van der Waals surface area contributed by atoms with E-state index in [4.69, 9.17) is 0 Å². The number of hydrogen-bond donors (Lipinski definition) is 0. The Labute approximate surface area is 82.1 Å². The van der Waals surface area contributed by atoms with Crippen LogP contribution in [0.3, 0.4) is 0 Å². The maximum Gasteiger partial charge on any atom is 0.0210 e. The lowest BCUT2D eigenvalue weighted by Gasteiger charge is -2.04. The first-order valence-electron chi connectivity index (χ1n) is 4.45. The van der Waals surface area contributed by atoms with Crippen molar-refractivity contribution in [3.8, 4) is 0 Å². The van der Waals surface area contributed by atoms with Crippen molar-refractivity contribution < 1.29 is 0 Å². The number of rotatable bonds is 0. The molecular weight excluding hydrogens is 212 g/mol. The summed E-state index contributed by atoms with van der Waals surface area (Å²) in [6, 6.07) is 4.38. The number of hydrogen-bond acceptors (Lipinski definition) is 0. The first-order chi connectivity index (χ1) is 5.68. The summed E-state index contributed by atoms with van der Waals surface area (Å²) in [7, 11) is 0. The van der Waals surface area contributed by atoms with Gasteiger partial charge in [-0.1, -0.05) is 28.9 Å². The van der Waals surface area contributed by atoms with Crippen LogP contribution >= 0.6 is 15.9 Å². The molecule has 0 nitrogen and oxygen atoms in total. The normalized spacial score (nSPS) is 21.1. The summed E-state index contributed by atoms with van der Waals surface area (Å²) in [5.41, 5.74) is 4.58. The molecule has 1 aliphatic carbocycles. The van der Waals surface area contributed by atoms with Crippen molar-refractivity contribution in [1.82, 2.24) is 0 Å². The third-order valence-corrected chi connectivity index (χ3v) is 3.46. The fourth-order valence-corrected chi connectivity index (χ4v) is 2.59. The van der Waals surface area contributed by atoms with Crippen molar-refractivity contribution in [2.24, 2.45) is 5.92 Å². The van der Waals surface area contributed by atoms with Crippen LogP contribution in [0.15, 0.2) is 16.6 Å². The fourth-order valence-electron chi connectivity index (χ4n) is 2.06. The van der Waals surface area contributed by atoms with Gasteiger partial charge in [0.05, 0.1) is 0 Å². The quantitative estimate of drug-likeness (QED) is 0.634. The van der Waals surface area contributed by atoms with Crippen molar-refractivity contribution >= 4 is 15.9 Å². The van der Waals surface area contributed by atoms with Gasteiger partial charge < -0.3 is 0 Å². The zero-order valence-corrected chi connectivity index (χ0v) is 9.11. The fraction of sp³-hybridized carbons (Fsp3) is 0.455. The lowest BCUT2D eigenvalue weighted by Crippen LogP contribution is -1.90. The molecule has 1 aromatic rings. The molecule has 0 heterocycles. The highest BCUT2D eigenvalue weighted by molar-refractivity contribution is 9.10. The second kappa shape index (κ2) is 2.88. The molecule has 1 aliphatic rings. The molecule has 64 valence electrons. The van der Waals surface area contributed by atoms with Gasteiger partial charge in [0.15, 0.2) is 0 Å². The minimum absolute atomic E-state index is 0.831. The van der Waals surface area contributed by atoms with E-state index >= 15 is 0 Å². The van der Waals surface area contributed by atoms with Crippen LogP contribution < -0.4 is 0 Å². The Balaban J connectivity index is 2.56. The maximum atomic E-state index is 3.61. The molecule has 1 atom stereocenters. The van der Waals surface area contributed by atoms with Gasteiger partial charge in [-0.2, -0.15) is 0 Å². The Morgan fingerprint density at radius 3 is 2.58 bits per heavy atom. The molecule has 1 aromatic carbocycles. The monoisotopic (exact) mass is 224 g/mol. The average Bonchev–Trinajstić information content (AvgIpc) is 2.41. The smallest absolute Gasteiger partial charge is 0.0210 e. The maximum absolute atomic E-state index is 3.61. The third-order valence-electron chi connectivity index (χ3n) is 2.71. The van der Waals surface area contributed by atoms with Gasteiger partial charge in [0, 0.05) is 4.47 Å². The van der Waals surface area contributed by atoms with E-state index in [0.717, 1.165) is 5.92 Å². The zero-order chi connectivity index (χ0) is 8.72. The van der Waals surface area contributed by atoms with Gasteiger partial charge >= 0.3 is 0 Å². The highest BCUT2D eigenvalue weighted by Crippen LogP contribution is 2.34. The van der Waals surface area contributed by atoms with Gasteiger partial charge in [-0.3, -0.25) is 0 Å². The van der Waals surface area contributed by atoms with E-state index in [1.165, 1.54) is 22.9 Å². The Morgan fingerprint density at radius 2 is 1.92 bits per heavy atom. The molecule has 0 saturated carbocycles. The summed E-state index contributed by atoms with van der Waals surface area (Å²) in [5.74, 6) is 0.831. The van der Waals surface area contributed by atoms with Crippen LogP contribution in [0, 0.1) is 12.8 Å². The Bertz CT molecular complexity index is 284. The first kappa shape index (κ1) is 8.31. The molecule has 0 aliphatic heterocycles. The molecule has 0 radical (unpaired) electrons. The summed E-state index contributed by atoms with van der Waals surface area (Å²) in [6.07, 6.45) is 2.51. The molecule has 0 amide bonds. The van der Waals surface area contributed by atoms with Crippen LogP contribution in [-0.2, 0) is 12.8 Å². The van der Waals surface area contributed by atoms with Gasteiger partial charge in [-0.15, -0.1) is 0 Å². The van der Waals surface area contributed by atoms with E-state index in [0.29, 0.717) is 0 Å². The highest BCUT2D eigenvalue weighted by Gasteiger charge is 2.20. The molecule has 0 aromatic heterocycles. The van der Waals surface area contributed by atoms with Gasteiger partial charge in [0.1, 0.15) is 0 Å². The SMILES string of the molecule is Cc1ccc(Br)c2c1CC(C)C2. The summed E-state index contributed by atoms with van der Waals surface area (Å²) in [5, 5.41) is 0. The highest BCUT2D eigenvalue weighted by atomic mass is 79.9. The zero-order valence-electron chi connectivity index (χ0n) is 7.52. The largest absolute Gasteiger partial charge is 0.0619 e. The molecule has 1 heteroatoms. The second-order valence-electron chi connectivity index (χ2n) is 3.83. The van der Waals surface area contributed by atoms with E-state index in [2.05, 4.69) is 41.9 Å². The average molecular weight is 225 g/mol. The number of halogens is 1. The molecule has 12 heavy (non-hydrogen) atoms. The second-order valence-corrected chi connectivity index (χ2v) is 4.69. The van der Waals surface area contributed by atoms with Crippen LogP contribution in [0.5, 0.6) is 0 Å². The van der Waals surface area contributed by atoms with Crippen LogP contribution in [-0.4, -0.2) is 0 Å². The third kappa shape index (κ3) is 1.20. The topological polar surface area (TPSA) is 0 Å². The summed E-state index contributed by atoms with van der Waals surface area (Å²) < 4.78 is 1.30. The molecule has 2 rings (SSSR count). The predicted molar refractivity (Wildman–Crippen MR) is 55.5 cm³/mol. The van der Waals surface area contributed by atoms with E-state index in [1.54, 1.807) is 11.1 Å². The Hall–Kier alpha value is -0.300. The van der Waals surface area contributed by atoms with Gasteiger partial charge in [0.2, 0.25) is 0 Å². The predicted octanol–water partition coefficient (Wildman–Crippen LogP) is 3.49. The van der Waals surface area contributed by atoms with Crippen molar-refractivity contribution in [2.45, 2.75) is 26.7 Å². The first-order valence-corrected chi connectivity index (χ1v) is 5.24. The molecule has 0 saturated heterocycles. The molecule has 1 unspecified atom stereocenters. The molecular formula is C11H13Br.